The number of anilines is 1. The van der Waals surface area contributed by atoms with E-state index in [1.807, 2.05) is 6.07 Å². The SMILES string of the molecule is CC(C#N)n1c(N)nc2c(ncn2[C@@H]2O[C@H](CO)[C@@H](O)[C@H]2O)c1=O. The molecule has 11 nitrogen and oxygen atoms in total. The highest BCUT2D eigenvalue weighted by molar-refractivity contribution is 5.71. The maximum absolute atomic E-state index is 12.5. The number of nitrogens with zero attached hydrogens (tertiary/aromatic N) is 5. The average molecular weight is 336 g/mol. The van der Waals surface area contributed by atoms with Gasteiger partial charge in [-0.05, 0) is 6.92 Å². The minimum atomic E-state index is -1.34. The largest absolute Gasteiger partial charge is 0.394 e. The van der Waals surface area contributed by atoms with Crippen molar-refractivity contribution in [3.05, 3.63) is 16.7 Å². The number of hydrogen-bond acceptors (Lipinski definition) is 9. The van der Waals surface area contributed by atoms with Crippen LogP contribution in [0.2, 0.25) is 0 Å². The Balaban J connectivity index is 2.13. The third-order valence-electron chi connectivity index (χ3n) is 4.02. The van der Waals surface area contributed by atoms with E-state index in [2.05, 4.69) is 9.97 Å². The lowest BCUT2D eigenvalue weighted by atomic mass is 10.1. The van der Waals surface area contributed by atoms with Crippen molar-refractivity contribution < 1.29 is 20.1 Å². The van der Waals surface area contributed by atoms with E-state index in [0.29, 0.717) is 0 Å². The minimum absolute atomic E-state index is 0.0497. The molecule has 5 N–H and O–H groups in total. The van der Waals surface area contributed by atoms with Crippen LogP contribution in [-0.4, -0.2) is 59.3 Å². The normalized spacial score (nSPS) is 28.1. The monoisotopic (exact) mass is 336 g/mol. The van der Waals surface area contributed by atoms with Gasteiger partial charge in [0.05, 0.1) is 19.0 Å². The van der Waals surface area contributed by atoms with Crippen LogP contribution in [-0.2, 0) is 4.74 Å². The Hall–Kier alpha value is -2.52. The molecule has 0 bridgehead atoms. The Morgan fingerprint density at radius 1 is 1.50 bits per heavy atom. The molecule has 3 heterocycles. The number of ether oxygens (including phenoxy) is 1. The standard InChI is InChI=1S/C13H16N6O5/c1-5(2-14)19-11(23)7-10(17-13(19)15)18(4-16-7)12-9(22)8(21)6(3-20)24-12/h4-6,8-9,12,20-22H,3H2,1H3,(H2,15,17)/t5?,6-,8-,9-,12-/m1/s1. The van der Waals surface area contributed by atoms with Gasteiger partial charge in [0.25, 0.3) is 5.56 Å². The summed E-state index contributed by atoms with van der Waals surface area (Å²) in [5.41, 5.74) is 5.17. The first-order chi connectivity index (χ1) is 11.4. The molecule has 0 saturated carbocycles. The first kappa shape index (κ1) is 16.3. The zero-order valence-electron chi connectivity index (χ0n) is 12.6. The number of fused-ring (bicyclic) bond motifs is 1. The summed E-state index contributed by atoms with van der Waals surface area (Å²) in [4.78, 5) is 20.5. The van der Waals surface area contributed by atoms with E-state index < -0.39 is 42.7 Å². The smallest absolute Gasteiger partial charge is 0.284 e. The molecule has 2 aromatic heterocycles. The summed E-state index contributed by atoms with van der Waals surface area (Å²) in [5, 5.41) is 38.1. The van der Waals surface area contributed by atoms with Gasteiger partial charge in [0.1, 0.15) is 24.4 Å². The fourth-order valence-corrected chi connectivity index (χ4v) is 2.72. The van der Waals surface area contributed by atoms with Crippen molar-refractivity contribution in [2.45, 2.75) is 37.5 Å². The van der Waals surface area contributed by atoms with Crippen molar-refractivity contribution in [1.29, 1.82) is 5.26 Å². The van der Waals surface area contributed by atoms with Crippen LogP contribution in [0, 0.1) is 11.3 Å². The van der Waals surface area contributed by atoms with Crippen LogP contribution in [0.15, 0.2) is 11.1 Å². The van der Waals surface area contributed by atoms with Gasteiger partial charge in [-0.2, -0.15) is 10.2 Å². The van der Waals surface area contributed by atoms with E-state index in [9.17, 15) is 15.0 Å². The number of nitriles is 1. The minimum Gasteiger partial charge on any atom is -0.394 e. The number of imidazole rings is 1. The number of aliphatic hydroxyl groups is 3. The highest BCUT2D eigenvalue weighted by Crippen LogP contribution is 2.31. The fraction of sp³-hybridized carbons (Fsp3) is 0.538. The predicted octanol–water partition coefficient (Wildman–Crippen LogP) is -2.13. The Labute approximate surface area is 135 Å². The Morgan fingerprint density at radius 2 is 2.21 bits per heavy atom. The zero-order chi connectivity index (χ0) is 17.6. The van der Waals surface area contributed by atoms with Gasteiger partial charge in [-0.1, -0.05) is 0 Å². The van der Waals surface area contributed by atoms with Crippen molar-refractivity contribution in [2.24, 2.45) is 0 Å². The number of nitrogen functional groups attached to an aromatic ring is 1. The van der Waals surface area contributed by atoms with E-state index in [1.54, 1.807) is 0 Å². The van der Waals surface area contributed by atoms with Crippen molar-refractivity contribution in [3.63, 3.8) is 0 Å². The van der Waals surface area contributed by atoms with Gasteiger partial charge < -0.3 is 25.8 Å². The van der Waals surface area contributed by atoms with Gasteiger partial charge >= 0.3 is 0 Å². The van der Waals surface area contributed by atoms with Crippen LogP contribution in [0.1, 0.15) is 19.2 Å². The van der Waals surface area contributed by atoms with Crippen molar-refractivity contribution >= 4 is 17.1 Å². The molecule has 0 radical (unpaired) electrons. The van der Waals surface area contributed by atoms with Gasteiger partial charge in [-0.3, -0.25) is 13.9 Å². The highest BCUT2D eigenvalue weighted by Gasteiger charge is 2.44. The lowest BCUT2D eigenvalue weighted by Gasteiger charge is -2.17. The van der Waals surface area contributed by atoms with Crippen LogP contribution in [0.3, 0.4) is 0 Å². The zero-order valence-corrected chi connectivity index (χ0v) is 12.6. The van der Waals surface area contributed by atoms with E-state index in [4.69, 9.17) is 20.8 Å². The molecule has 0 amide bonds. The van der Waals surface area contributed by atoms with Gasteiger partial charge in [0.15, 0.2) is 17.4 Å². The molecule has 1 aliphatic rings. The summed E-state index contributed by atoms with van der Waals surface area (Å²) in [6.07, 6.45) is -3.48. The van der Waals surface area contributed by atoms with Crippen LogP contribution in [0.5, 0.6) is 0 Å². The number of nitrogens with two attached hydrogens (primary N) is 1. The maximum Gasteiger partial charge on any atom is 0.284 e. The lowest BCUT2D eigenvalue weighted by Crippen LogP contribution is -2.33. The molecule has 1 fully saturated rings. The molecule has 3 rings (SSSR count). The predicted molar refractivity (Wildman–Crippen MR) is 79.5 cm³/mol. The molecule has 0 spiro atoms. The molecule has 1 saturated heterocycles. The second kappa shape index (κ2) is 5.84. The average Bonchev–Trinajstić information content (AvgIpc) is 3.09. The van der Waals surface area contributed by atoms with Gasteiger partial charge in [-0.15, -0.1) is 0 Å². The molecule has 128 valence electrons. The first-order valence-electron chi connectivity index (χ1n) is 7.17. The van der Waals surface area contributed by atoms with E-state index in [1.165, 1.54) is 17.8 Å². The molecular weight excluding hydrogens is 320 g/mol. The van der Waals surface area contributed by atoms with Crippen LogP contribution >= 0.6 is 0 Å². The van der Waals surface area contributed by atoms with Gasteiger partial charge in [0.2, 0.25) is 5.95 Å². The van der Waals surface area contributed by atoms with E-state index in [-0.39, 0.29) is 17.1 Å². The number of aromatic nitrogens is 4. The van der Waals surface area contributed by atoms with Crippen molar-refractivity contribution in [2.75, 3.05) is 12.3 Å². The first-order valence-corrected chi connectivity index (χ1v) is 7.17. The Bertz CT molecular complexity index is 870. The molecule has 2 aromatic rings. The maximum atomic E-state index is 12.5. The van der Waals surface area contributed by atoms with Crippen molar-refractivity contribution in [3.8, 4) is 6.07 Å². The third-order valence-corrected chi connectivity index (χ3v) is 4.02. The van der Waals surface area contributed by atoms with E-state index in [0.717, 1.165) is 4.57 Å². The molecule has 1 aliphatic heterocycles. The number of aliphatic hydroxyl groups excluding tert-OH is 3. The summed E-state index contributed by atoms with van der Waals surface area (Å²) >= 11 is 0. The van der Waals surface area contributed by atoms with E-state index >= 15 is 0 Å². The molecule has 5 atom stereocenters. The molecule has 0 aromatic carbocycles. The summed E-state index contributed by atoms with van der Waals surface area (Å²) in [6, 6.07) is 1.07. The molecule has 0 aliphatic carbocycles. The Kier molecular flexibility index (Phi) is 3.98. The molecule has 24 heavy (non-hydrogen) atoms. The summed E-state index contributed by atoms with van der Waals surface area (Å²) < 4.78 is 7.67. The second-order valence-corrected chi connectivity index (χ2v) is 5.50. The summed E-state index contributed by atoms with van der Waals surface area (Å²) in [6.45, 7) is 1.01. The van der Waals surface area contributed by atoms with Crippen LogP contribution in [0.4, 0.5) is 5.95 Å². The number of hydrogen-bond donors (Lipinski definition) is 4. The van der Waals surface area contributed by atoms with Gasteiger partial charge in [0, 0.05) is 0 Å². The molecular formula is C13H16N6O5. The van der Waals surface area contributed by atoms with Crippen LogP contribution in [0.25, 0.3) is 11.2 Å². The topological polar surface area (TPSA) is 172 Å². The molecule has 1 unspecified atom stereocenters. The third kappa shape index (κ3) is 2.24. The summed E-state index contributed by atoms with van der Waals surface area (Å²) in [5.74, 6) is -0.185. The second-order valence-electron chi connectivity index (χ2n) is 5.50. The Morgan fingerprint density at radius 3 is 2.79 bits per heavy atom. The highest BCUT2D eigenvalue weighted by atomic mass is 16.6. The molecule has 11 heteroatoms. The quantitative estimate of drug-likeness (QED) is 0.488. The van der Waals surface area contributed by atoms with Crippen LogP contribution < -0.4 is 11.3 Å². The lowest BCUT2D eigenvalue weighted by molar-refractivity contribution is -0.0511. The fourth-order valence-electron chi connectivity index (χ4n) is 2.72. The van der Waals surface area contributed by atoms with Crippen molar-refractivity contribution in [1.82, 2.24) is 19.1 Å². The number of rotatable bonds is 3. The van der Waals surface area contributed by atoms with Gasteiger partial charge in [-0.25, -0.2) is 4.98 Å². The summed E-state index contributed by atoms with van der Waals surface area (Å²) in [7, 11) is 0.